The predicted molar refractivity (Wildman–Crippen MR) is 75.6 cm³/mol. The second-order valence-corrected chi connectivity index (χ2v) is 5.73. The van der Waals surface area contributed by atoms with Gasteiger partial charge in [0.1, 0.15) is 0 Å². The van der Waals surface area contributed by atoms with Crippen LogP contribution in [0.5, 0.6) is 0 Å². The molecule has 1 aliphatic carbocycles. The van der Waals surface area contributed by atoms with E-state index in [4.69, 9.17) is 5.73 Å². The van der Waals surface area contributed by atoms with Gasteiger partial charge in [-0.1, -0.05) is 13.8 Å². The minimum absolute atomic E-state index is 0.0654. The molecule has 106 valence electrons. The molecule has 2 nitrogen and oxygen atoms in total. The van der Waals surface area contributed by atoms with Gasteiger partial charge in [-0.05, 0) is 43.4 Å². The molecule has 0 atom stereocenters. The van der Waals surface area contributed by atoms with E-state index in [1.807, 2.05) is 0 Å². The second-order valence-electron chi connectivity index (χ2n) is 5.73. The molecule has 0 aromatic heterocycles. The van der Waals surface area contributed by atoms with Crippen LogP contribution in [0.25, 0.3) is 0 Å². The molecule has 1 aliphatic rings. The molecule has 1 aromatic rings. The molecule has 1 aromatic carbocycles. The Balaban J connectivity index is 2.25. The maximum Gasteiger partial charge on any atom is 0.265 e. The molecule has 0 amide bonds. The van der Waals surface area contributed by atoms with Crippen molar-refractivity contribution in [3.05, 3.63) is 23.8 Å². The van der Waals surface area contributed by atoms with Gasteiger partial charge in [0.15, 0.2) is 0 Å². The number of halogens is 2. The van der Waals surface area contributed by atoms with Crippen molar-refractivity contribution in [2.75, 3.05) is 17.2 Å². The Morgan fingerprint density at radius 3 is 2.53 bits per heavy atom. The summed E-state index contributed by atoms with van der Waals surface area (Å²) in [5.74, 6) is 0.574. The smallest absolute Gasteiger partial charge is 0.265 e. The van der Waals surface area contributed by atoms with Crippen molar-refractivity contribution in [1.29, 1.82) is 0 Å². The number of rotatable bonds is 6. The topological polar surface area (TPSA) is 29.3 Å². The Hall–Kier alpha value is -1.32. The van der Waals surface area contributed by atoms with Crippen LogP contribution >= 0.6 is 0 Å². The monoisotopic (exact) mass is 268 g/mol. The molecule has 0 spiro atoms. The molecule has 1 fully saturated rings. The summed E-state index contributed by atoms with van der Waals surface area (Å²) >= 11 is 0. The molecule has 0 unspecified atom stereocenters. The van der Waals surface area contributed by atoms with E-state index in [2.05, 4.69) is 18.7 Å². The van der Waals surface area contributed by atoms with Crippen LogP contribution in [-0.2, 0) is 0 Å². The highest BCUT2D eigenvalue weighted by Crippen LogP contribution is 2.38. The Labute approximate surface area is 113 Å². The van der Waals surface area contributed by atoms with Crippen molar-refractivity contribution in [2.45, 2.75) is 45.6 Å². The number of nitrogen functional groups attached to an aromatic ring is 1. The lowest BCUT2D eigenvalue weighted by atomic mass is 10.1. The fraction of sp³-hybridized carbons (Fsp3) is 0.600. The fourth-order valence-corrected chi connectivity index (χ4v) is 2.29. The Morgan fingerprint density at radius 2 is 2.00 bits per heavy atom. The largest absolute Gasteiger partial charge is 0.399 e. The molecule has 2 N–H and O–H groups in total. The van der Waals surface area contributed by atoms with Crippen molar-refractivity contribution in [3.63, 3.8) is 0 Å². The standard InChI is InChI=1S/C15H22F2N2/c1-10(2)7-8-19(12-4-5-12)14-6-3-11(18)9-13(14)15(16)17/h3,6,9-10,12,15H,4-5,7-8,18H2,1-2H3. The summed E-state index contributed by atoms with van der Waals surface area (Å²) in [6.07, 6.45) is 0.749. The quantitative estimate of drug-likeness (QED) is 0.783. The van der Waals surface area contributed by atoms with Crippen molar-refractivity contribution in [3.8, 4) is 0 Å². The van der Waals surface area contributed by atoms with Gasteiger partial charge in [0.2, 0.25) is 0 Å². The molecule has 0 aliphatic heterocycles. The summed E-state index contributed by atoms with van der Waals surface area (Å²) in [6.45, 7) is 5.15. The van der Waals surface area contributed by atoms with E-state index in [0.29, 0.717) is 23.3 Å². The van der Waals surface area contributed by atoms with Gasteiger partial charge in [-0.3, -0.25) is 0 Å². The van der Waals surface area contributed by atoms with Crippen LogP contribution in [0.15, 0.2) is 18.2 Å². The number of nitrogens with two attached hydrogens (primary N) is 1. The number of hydrogen-bond donors (Lipinski definition) is 1. The van der Waals surface area contributed by atoms with E-state index in [1.165, 1.54) is 6.07 Å². The third kappa shape index (κ3) is 3.58. The molecule has 0 heterocycles. The zero-order chi connectivity index (χ0) is 14.0. The SMILES string of the molecule is CC(C)CCN(c1ccc(N)cc1C(F)F)C1CC1. The van der Waals surface area contributed by atoms with Crippen LogP contribution in [0.1, 0.15) is 45.1 Å². The molecule has 0 saturated heterocycles. The van der Waals surface area contributed by atoms with E-state index >= 15 is 0 Å². The fourth-order valence-electron chi connectivity index (χ4n) is 2.29. The first-order valence-electron chi connectivity index (χ1n) is 6.93. The van der Waals surface area contributed by atoms with Gasteiger partial charge in [0, 0.05) is 29.5 Å². The van der Waals surface area contributed by atoms with Crippen molar-refractivity contribution in [1.82, 2.24) is 0 Å². The summed E-state index contributed by atoms with van der Waals surface area (Å²) in [6, 6.07) is 5.30. The first-order chi connectivity index (χ1) is 8.99. The molecule has 1 saturated carbocycles. The van der Waals surface area contributed by atoms with Gasteiger partial charge in [0.25, 0.3) is 6.43 Å². The Kier molecular flexibility index (Phi) is 4.27. The zero-order valence-electron chi connectivity index (χ0n) is 11.6. The minimum Gasteiger partial charge on any atom is -0.399 e. The molecular weight excluding hydrogens is 246 g/mol. The number of nitrogens with zero attached hydrogens (tertiary/aromatic N) is 1. The van der Waals surface area contributed by atoms with E-state index < -0.39 is 6.43 Å². The van der Waals surface area contributed by atoms with Crippen molar-refractivity contribution < 1.29 is 8.78 Å². The predicted octanol–water partition coefficient (Wildman–Crippen LogP) is 4.22. The minimum atomic E-state index is -2.47. The second kappa shape index (κ2) is 5.76. The third-order valence-electron chi connectivity index (χ3n) is 3.53. The van der Waals surface area contributed by atoms with Crippen molar-refractivity contribution >= 4 is 11.4 Å². The molecule has 4 heteroatoms. The number of alkyl halides is 2. The maximum atomic E-state index is 13.2. The Morgan fingerprint density at radius 1 is 1.32 bits per heavy atom. The van der Waals surface area contributed by atoms with Crippen LogP contribution in [0.4, 0.5) is 20.2 Å². The van der Waals surface area contributed by atoms with Gasteiger partial charge in [-0.25, -0.2) is 8.78 Å². The molecule has 2 rings (SSSR count). The van der Waals surface area contributed by atoms with E-state index in [0.717, 1.165) is 25.8 Å². The lowest BCUT2D eigenvalue weighted by Gasteiger charge is -2.28. The average Bonchev–Trinajstić information content (AvgIpc) is 3.14. The van der Waals surface area contributed by atoms with Gasteiger partial charge >= 0.3 is 0 Å². The highest BCUT2D eigenvalue weighted by atomic mass is 19.3. The first kappa shape index (κ1) is 14.1. The van der Waals surface area contributed by atoms with Gasteiger partial charge < -0.3 is 10.6 Å². The van der Waals surface area contributed by atoms with E-state index in [1.54, 1.807) is 12.1 Å². The van der Waals surface area contributed by atoms with Gasteiger partial charge in [-0.2, -0.15) is 0 Å². The molecular formula is C15H22F2N2. The summed E-state index contributed by atoms with van der Waals surface area (Å²) in [4.78, 5) is 2.14. The van der Waals surface area contributed by atoms with Crippen LogP contribution in [-0.4, -0.2) is 12.6 Å². The Bertz CT molecular complexity index is 428. The van der Waals surface area contributed by atoms with Crippen LogP contribution in [0.2, 0.25) is 0 Å². The van der Waals surface area contributed by atoms with Crippen LogP contribution in [0.3, 0.4) is 0 Å². The number of benzene rings is 1. The van der Waals surface area contributed by atoms with Crippen LogP contribution in [0, 0.1) is 5.92 Å². The average molecular weight is 268 g/mol. The highest BCUT2D eigenvalue weighted by molar-refractivity contribution is 5.61. The van der Waals surface area contributed by atoms with E-state index in [9.17, 15) is 8.78 Å². The van der Waals surface area contributed by atoms with Gasteiger partial charge in [-0.15, -0.1) is 0 Å². The normalized spacial score (nSPS) is 15.3. The maximum absolute atomic E-state index is 13.2. The molecule has 19 heavy (non-hydrogen) atoms. The highest BCUT2D eigenvalue weighted by Gasteiger charge is 2.31. The third-order valence-corrected chi connectivity index (χ3v) is 3.53. The summed E-state index contributed by atoms with van der Waals surface area (Å²) in [5, 5.41) is 0. The van der Waals surface area contributed by atoms with Crippen molar-refractivity contribution in [2.24, 2.45) is 5.92 Å². The van der Waals surface area contributed by atoms with Gasteiger partial charge in [0.05, 0.1) is 0 Å². The molecule has 0 bridgehead atoms. The number of hydrogen-bond acceptors (Lipinski definition) is 2. The molecule has 0 radical (unpaired) electrons. The summed E-state index contributed by atoms with van der Waals surface area (Å²) in [7, 11) is 0. The summed E-state index contributed by atoms with van der Waals surface area (Å²) in [5.41, 5.74) is 6.75. The first-order valence-corrected chi connectivity index (χ1v) is 6.93. The lowest BCUT2D eigenvalue weighted by Crippen LogP contribution is -2.28. The summed E-state index contributed by atoms with van der Waals surface area (Å²) < 4.78 is 26.3. The van der Waals surface area contributed by atoms with E-state index in [-0.39, 0.29) is 5.56 Å². The van der Waals surface area contributed by atoms with Crippen LogP contribution < -0.4 is 10.6 Å². The zero-order valence-corrected chi connectivity index (χ0v) is 11.6. The number of anilines is 2. The lowest BCUT2D eigenvalue weighted by molar-refractivity contribution is 0.152.